The Hall–Kier alpha value is -2.16. The topological polar surface area (TPSA) is 69.7 Å². The highest BCUT2D eigenvalue weighted by Crippen LogP contribution is 2.46. The number of amides is 3. The van der Waals surface area contributed by atoms with Crippen LogP contribution >= 0.6 is 11.8 Å². The summed E-state index contributed by atoms with van der Waals surface area (Å²) in [5.74, 6) is -1.60. The number of halogens is 2. The van der Waals surface area contributed by atoms with Gasteiger partial charge in [0.25, 0.3) is 11.8 Å². The van der Waals surface area contributed by atoms with E-state index in [-0.39, 0.29) is 37.0 Å². The zero-order chi connectivity index (χ0) is 25.2. The fourth-order valence-corrected chi connectivity index (χ4v) is 6.11. The third-order valence-corrected chi connectivity index (χ3v) is 7.78. The lowest BCUT2D eigenvalue weighted by atomic mass is 9.92. The second-order valence-electron chi connectivity index (χ2n) is 9.89. The third-order valence-electron chi connectivity index (χ3n) is 6.54. The van der Waals surface area contributed by atoms with Crippen molar-refractivity contribution in [3.05, 3.63) is 23.3 Å². The van der Waals surface area contributed by atoms with Crippen LogP contribution in [0.2, 0.25) is 0 Å². The Balaban J connectivity index is 1.95. The Kier molecular flexibility index (Phi) is 8.26. The first-order valence-electron chi connectivity index (χ1n) is 12.0. The van der Waals surface area contributed by atoms with E-state index in [1.165, 1.54) is 23.1 Å². The van der Waals surface area contributed by atoms with Gasteiger partial charge in [0, 0.05) is 35.6 Å². The van der Waals surface area contributed by atoms with Gasteiger partial charge in [0.15, 0.2) is 0 Å². The van der Waals surface area contributed by atoms with Gasteiger partial charge in [0.2, 0.25) is 5.91 Å². The minimum absolute atomic E-state index is 0.0431. The molecule has 188 valence electrons. The molecule has 1 aromatic rings. The number of hydrogen-bond donors (Lipinski definition) is 1. The maximum atomic E-state index is 13.8. The van der Waals surface area contributed by atoms with E-state index in [1.807, 2.05) is 45.6 Å². The number of hydrogen-bond acceptors (Lipinski definition) is 4. The smallest absolute Gasteiger partial charge is 0.315 e. The van der Waals surface area contributed by atoms with Gasteiger partial charge in [0.05, 0.1) is 10.4 Å². The van der Waals surface area contributed by atoms with Crippen LogP contribution in [-0.4, -0.2) is 59.0 Å². The summed E-state index contributed by atoms with van der Waals surface area (Å²) in [6, 6.07) is 3.94. The molecule has 3 rings (SSSR count). The molecule has 0 unspecified atom stereocenters. The van der Waals surface area contributed by atoms with Crippen molar-refractivity contribution in [3.8, 4) is 0 Å². The lowest BCUT2D eigenvalue weighted by molar-refractivity contribution is -0.131. The number of fused-ring (bicyclic) bond motifs is 1. The second kappa shape index (κ2) is 10.6. The number of nitrogens with one attached hydrogen (secondary N) is 1. The van der Waals surface area contributed by atoms with E-state index in [2.05, 4.69) is 5.32 Å². The predicted molar refractivity (Wildman–Crippen MR) is 131 cm³/mol. The summed E-state index contributed by atoms with van der Waals surface area (Å²) >= 11 is 1.42. The first-order valence-corrected chi connectivity index (χ1v) is 12.8. The normalized spacial score (nSPS) is 18.3. The summed E-state index contributed by atoms with van der Waals surface area (Å²) in [6.07, 6.45) is 2.30. The summed E-state index contributed by atoms with van der Waals surface area (Å²) in [5, 5.41) is 2.17. The van der Waals surface area contributed by atoms with Crippen LogP contribution in [0.25, 0.3) is 0 Å². The van der Waals surface area contributed by atoms with Crippen LogP contribution in [0.1, 0.15) is 75.7 Å². The Morgan fingerprint density at radius 3 is 2.44 bits per heavy atom. The lowest BCUT2D eigenvalue weighted by Gasteiger charge is -2.40. The van der Waals surface area contributed by atoms with Gasteiger partial charge in [-0.25, -0.2) is 0 Å². The van der Waals surface area contributed by atoms with E-state index < -0.39 is 17.1 Å². The molecule has 1 aliphatic carbocycles. The zero-order valence-corrected chi connectivity index (χ0v) is 21.4. The van der Waals surface area contributed by atoms with Gasteiger partial charge in [-0.2, -0.15) is 8.78 Å². The predicted octanol–water partition coefficient (Wildman–Crippen LogP) is 4.78. The molecule has 34 heavy (non-hydrogen) atoms. The van der Waals surface area contributed by atoms with E-state index in [0.29, 0.717) is 11.3 Å². The average Bonchev–Trinajstić information content (AvgIpc) is 2.76. The highest BCUT2D eigenvalue weighted by Gasteiger charge is 2.41. The van der Waals surface area contributed by atoms with Crippen molar-refractivity contribution >= 4 is 35.2 Å². The molecule has 3 amide bonds. The summed E-state index contributed by atoms with van der Waals surface area (Å²) in [7, 11) is 0. The third kappa shape index (κ3) is 5.56. The van der Waals surface area contributed by atoms with Gasteiger partial charge in [-0.05, 0) is 65.2 Å². The maximum absolute atomic E-state index is 13.8. The molecule has 0 radical (unpaired) electrons. The number of nitrogens with zero attached hydrogens (tertiary/aromatic N) is 2. The Labute approximate surface area is 204 Å². The first kappa shape index (κ1) is 26.4. The number of rotatable bonds is 7. The molecule has 2 aliphatic rings. The first-order chi connectivity index (χ1) is 15.9. The highest BCUT2D eigenvalue weighted by molar-refractivity contribution is 8.01. The number of thioether (sulfide) groups is 1. The van der Waals surface area contributed by atoms with Crippen molar-refractivity contribution in [3.63, 3.8) is 0 Å². The summed E-state index contributed by atoms with van der Waals surface area (Å²) in [5.41, 5.74) is 1.98. The SMILES string of the molecule is Cc1cc2c(cc1C(=O)N(C(C)C)C1CCCCC1)N(CCNC(=O)C(F)F)C(=O)C(C)(C)S2. The quantitative estimate of drug-likeness (QED) is 0.591. The standard InChI is InChI=1S/C25H35F2N3O3S/c1-15(2)30(17-9-7-6-8-10-17)23(32)18-14-19-20(13-16(18)3)34-25(4,5)24(33)29(19)12-11-28-22(31)21(26)27/h13-15,17,21H,6-12H2,1-5H3,(H,28,31). The number of alkyl halides is 2. The van der Waals surface area contributed by atoms with E-state index in [4.69, 9.17) is 0 Å². The maximum Gasteiger partial charge on any atom is 0.315 e. The number of anilines is 1. The van der Waals surface area contributed by atoms with Crippen LogP contribution < -0.4 is 10.2 Å². The van der Waals surface area contributed by atoms with Crippen LogP contribution in [0.4, 0.5) is 14.5 Å². The molecule has 1 saturated carbocycles. The van der Waals surface area contributed by atoms with E-state index in [1.54, 1.807) is 6.07 Å². The number of benzene rings is 1. The van der Waals surface area contributed by atoms with Crippen LogP contribution in [-0.2, 0) is 9.59 Å². The van der Waals surface area contributed by atoms with Crippen LogP contribution in [0.5, 0.6) is 0 Å². The molecule has 0 atom stereocenters. The van der Waals surface area contributed by atoms with Crippen LogP contribution in [0.3, 0.4) is 0 Å². The van der Waals surface area contributed by atoms with E-state index >= 15 is 0 Å². The van der Waals surface area contributed by atoms with Crippen molar-refractivity contribution in [2.75, 3.05) is 18.0 Å². The minimum atomic E-state index is -3.11. The molecule has 0 saturated heterocycles. The zero-order valence-electron chi connectivity index (χ0n) is 20.6. The molecular formula is C25H35F2N3O3S. The second-order valence-corrected chi connectivity index (χ2v) is 11.6. The van der Waals surface area contributed by atoms with Gasteiger partial charge in [0.1, 0.15) is 0 Å². The molecular weight excluding hydrogens is 460 g/mol. The van der Waals surface area contributed by atoms with Gasteiger partial charge in [-0.3, -0.25) is 14.4 Å². The monoisotopic (exact) mass is 495 g/mol. The summed E-state index contributed by atoms with van der Waals surface area (Å²) in [4.78, 5) is 42.6. The Bertz CT molecular complexity index is 946. The number of aryl methyl sites for hydroxylation is 1. The molecule has 1 fully saturated rings. The van der Waals surface area contributed by atoms with E-state index in [9.17, 15) is 23.2 Å². The molecule has 1 aliphatic heterocycles. The van der Waals surface area contributed by atoms with Crippen molar-refractivity contribution in [2.24, 2.45) is 0 Å². The Morgan fingerprint density at radius 1 is 1.21 bits per heavy atom. The highest BCUT2D eigenvalue weighted by atomic mass is 32.2. The fourth-order valence-electron chi connectivity index (χ4n) is 4.86. The van der Waals surface area contributed by atoms with Crippen molar-refractivity contribution in [1.29, 1.82) is 0 Å². The molecule has 0 spiro atoms. The van der Waals surface area contributed by atoms with Gasteiger partial charge < -0.3 is 15.1 Å². The number of carbonyl (C=O) groups excluding carboxylic acids is 3. The minimum Gasteiger partial charge on any atom is -0.349 e. The molecule has 1 N–H and O–H groups in total. The van der Waals surface area contributed by atoms with Gasteiger partial charge in [-0.1, -0.05) is 19.3 Å². The molecule has 1 aromatic carbocycles. The van der Waals surface area contributed by atoms with Crippen LogP contribution in [0.15, 0.2) is 17.0 Å². The lowest BCUT2D eigenvalue weighted by Crippen LogP contribution is -2.50. The van der Waals surface area contributed by atoms with Gasteiger partial charge in [-0.15, -0.1) is 11.8 Å². The van der Waals surface area contributed by atoms with Crippen LogP contribution in [0, 0.1) is 6.92 Å². The van der Waals surface area contributed by atoms with Gasteiger partial charge >= 0.3 is 6.43 Å². The van der Waals surface area contributed by atoms with E-state index in [0.717, 1.165) is 36.1 Å². The number of carbonyl (C=O) groups is 3. The summed E-state index contributed by atoms with van der Waals surface area (Å²) < 4.78 is 24.4. The van der Waals surface area contributed by atoms with Crippen molar-refractivity contribution in [1.82, 2.24) is 10.2 Å². The average molecular weight is 496 g/mol. The molecule has 0 aromatic heterocycles. The largest absolute Gasteiger partial charge is 0.349 e. The Morgan fingerprint density at radius 2 is 1.85 bits per heavy atom. The summed E-state index contributed by atoms with van der Waals surface area (Å²) in [6.45, 7) is 9.52. The molecule has 0 bridgehead atoms. The molecule has 6 nitrogen and oxygen atoms in total. The van der Waals surface area contributed by atoms with Crippen molar-refractivity contribution < 1.29 is 23.2 Å². The fraction of sp³-hybridized carbons (Fsp3) is 0.640. The molecule has 1 heterocycles. The van der Waals surface area contributed by atoms with Crippen molar-refractivity contribution in [2.45, 2.75) is 94.9 Å². The molecule has 9 heteroatoms.